The van der Waals surface area contributed by atoms with Gasteiger partial charge < -0.3 is 9.64 Å². The van der Waals surface area contributed by atoms with Gasteiger partial charge in [-0.15, -0.1) is 0 Å². The quantitative estimate of drug-likeness (QED) is 0.774. The maximum Gasteiger partial charge on any atom is 0.332 e. The Balaban J connectivity index is 2.23. The summed E-state index contributed by atoms with van der Waals surface area (Å²) in [4.78, 5) is 26.0. The molecule has 6 heteroatoms. The highest BCUT2D eigenvalue weighted by Gasteiger charge is 2.56. The van der Waals surface area contributed by atoms with Gasteiger partial charge in [-0.1, -0.05) is 11.6 Å². The summed E-state index contributed by atoms with van der Waals surface area (Å²) in [7, 11) is 1.63. The van der Waals surface area contributed by atoms with Crippen molar-refractivity contribution < 1.29 is 14.3 Å². The molecule has 1 aliphatic carbocycles. The zero-order valence-electron chi connectivity index (χ0n) is 11.3. The van der Waals surface area contributed by atoms with Gasteiger partial charge in [-0.25, -0.2) is 4.79 Å². The van der Waals surface area contributed by atoms with E-state index < -0.39 is 5.54 Å². The minimum atomic E-state index is -0.799. The number of halogens is 2. The van der Waals surface area contributed by atoms with E-state index in [0.717, 1.165) is 0 Å². The maximum absolute atomic E-state index is 12.5. The number of likely N-dealkylation sites (N-methyl/N-ethyl adjacent to an activating group) is 1. The number of benzene rings is 1. The van der Waals surface area contributed by atoms with E-state index in [9.17, 15) is 9.59 Å². The molecule has 1 aromatic carbocycles. The van der Waals surface area contributed by atoms with E-state index in [2.05, 4.69) is 15.9 Å². The average molecular weight is 361 g/mol. The second-order valence-electron chi connectivity index (χ2n) is 4.74. The number of hydrogen-bond donors (Lipinski definition) is 0. The average Bonchev–Trinajstić information content (AvgIpc) is 3.19. The zero-order chi connectivity index (χ0) is 14.9. The number of hydrogen-bond acceptors (Lipinski definition) is 3. The van der Waals surface area contributed by atoms with Gasteiger partial charge in [0.15, 0.2) is 0 Å². The molecule has 108 valence electrons. The molecule has 1 amide bonds. The molecule has 1 saturated carbocycles. The third-order valence-electron chi connectivity index (χ3n) is 3.49. The minimum absolute atomic E-state index is 0.223. The fourth-order valence-electron chi connectivity index (χ4n) is 2.10. The SMILES string of the molecule is CCOC(=O)C1(N(C)C(=O)c2ccc(Cl)cc2Br)CC1. The number of rotatable bonds is 4. The van der Waals surface area contributed by atoms with E-state index in [1.807, 2.05) is 0 Å². The van der Waals surface area contributed by atoms with Gasteiger partial charge >= 0.3 is 5.97 Å². The van der Waals surface area contributed by atoms with Crippen LogP contribution in [-0.4, -0.2) is 36.0 Å². The smallest absolute Gasteiger partial charge is 0.332 e. The number of amides is 1. The van der Waals surface area contributed by atoms with Crippen molar-refractivity contribution in [2.45, 2.75) is 25.3 Å². The summed E-state index contributed by atoms with van der Waals surface area (Å²) < 4.78 is 5.67. The Hall–Kier alpha value is -1.07. The lowest BCUT2D eigenvalue weighted by molar-refractivity contribution is -0.149. The highest BCUT2D eigenvalue weighted by Crippen LogP contribution is 2.43. The Labute approximate surface area is 131 Å². The second-order valence-corrected chi connectivity index (χ2v) is 6.03. The number of nitrogens with zero attached hydrogens (tertiary/aromatic N) is 1. The van der Waals surface area contributed by atoms with Crippen LogP contribution in [0.4, 0.5) is 0 Å². The molecule has 0 saturated heterocycles. The lowest BCUT2D eigenvalue weighted by Gasteiger charge is -2.26. The molecule has 0 aliphatic heterocycles. The highest BCUT2D eigenvalue weighted by molar-refractivity contribution is 9.10. The molecule has 0 radical (unpaired) electrons. The molecule has 0 atom stereocenters. The number of ether oxygens (including phenoxy) is 1. The molecular formula is C14H15BrClNO3. The van der Waals surface area contributed by atoms with Crippen molar-refractivity contribution >= 4 is 39.4 Å². The van der Waals surface area contributed by atoms with E-state index in [-0.39, 0.29) is 11.9 Å². The monoisotopic (exact) mass is 359 g/mol. The molecule has 20 heavy (non-hydrogen) atoms. The van der Waals surface area contributed by atoms with Crippen LogP contribution in [0, 0.1) is 0 Å². The van der Waals surface area contributed by atoms with Crippen LogP contribution in [0.3, 0.4) is 0 Å². The lowest BCUT2D eigenvalue weighted by atomic mass is 10.1. The minimum Gasteiger partial charge on any atom is -0.464 e. The van der Waals surface area contributed by atoms with Gasteiger partial charge in [0, 0.05) is 16.5 Å². The predicted octanol–water partition coefficient (Wildman–Crippen LogP) is 3.27. The summed E-state index contributed by atoms with van der Waals surface area (Å²) in [5.74, 6) is -0.556. The fraction of sp³-hybridized carbons (Fsp3) is 0.429. The molecule has 0 unspecified atom stereocenters. The van der Waals surface area contributed by atoms with E-state index in [1.165, 1.54) is 4.90 Å². The van der Waals surface area contributed by atoms with E-state index in [1.54, 1.807) is 32.2 Å². The highest BCUT2D eigenvalue weighted by atomic mass is 79.9. The molecule has 1 aliphatic rings. The van der Waals surface area contributed by atoms with Gasteiger partial charge in [0.25, 0.3) is 5.91 Å². The van der Waals surface area contributed by atoms with Crippen molar-refractivity contribution in [3.63, 3.8) is 0 Å². The first-order valence-electron chi connectivity index (χ1n) is 6.33. The van der Waals surface area contributed by atoms with E-state index in [0.29, 0.717) is 34.5 Å². The van der Waals surface area contributed by atoms with Crippen LogP contribution in [-0.2, 0) is 9.53 Å². The molecular weight excluding hydrogens is 346 g/mol. The first kappa shape index (κ1) is 15.3. The van der Waals surface area contributed by atoms with Gasteiger partial charge in [-0.3, -0.25) is 4.79 Å². The molecule has 2 rings (SSSR count). The summed E-state index contributed by atoms with van der Waals surface area (Å²) in [5, 5.41) is 0.544. The van der Waals surface area contributed by atoms with Crippen LogP contribution in [0.5, 0.6) is 0 Å². The Morgan fingerprint density at radius 3 is 2.60 bits per heavy atom. The first-order valence-corrected chi connectivity index (χ1v) is 7.50. The Bertz CT molecular complexity index is 557. The first-order chi connectivity index (χ1) is 9.42. The lowest BCUT2D eigenvalue weighted by Crippen LogP contribution is -2.45. The number of esters is 1. The van der Waals surface area contributed by atoms with Crippen LogP contribution < -0.4 is 0 Å². The molecule has 1 fully saturated rings. The van der Waals surface area contributed by atoms with Crippen molar-refractivity contribution in [1.29, 1.82) is 0 Å². The van der Waals surface area contributed by atoms with Crippen LogP contribution in [0.2, 0.25) is 5.02 Å². The predicted molar refractivity (Wildman–Crippen MR) is 79.8 cm³/mol. The van der Waals surface area contributed by atoms with Crippen LogP contribution in [0.25, 0.3) is 0 Å². The standard InChI is InChI=1S/C14H15BrClNO3/c1-3-20-13(19)14(6-7-14)17(2)12(18)10-5-4-9(16)8-11(10)15/h4-5,8H,3,6-7H2,1-2H3. The largest absolute Gasteiger partial charge is 0.464 e. The van der Waals surface area contributed by atoms with Crippen molar-refractivity contribution in [2.24, 2.45) is 0 Å². The molecule has 0 N–H and O–H groups in total. The summed E-state index contributed by atoms with van der Waals surface area (Å²) >= 11 is 9.19. The topological polar surface area (TPSA) is 46.6 Å². The molecule has 1 aromatic rings. The summed E-state index contributed by atoms with van der Waals surface area (Å²) in [6.07, 6.45) is 1.28. The van der Waals surface area contributed by atoms with Gasteiger partial charge in [0.1, 0.15) is 5.54 Å². The third kappa shape index (κ3) is 2.69. The Kier molecular flexibility index (Phi) is 4.39. The Morgan fingerprint density at radius 2 is 2.10 bits per heavy atom. The van der Waals surface area contributed by atoms with Crippen molar-refractivity contribution in [3.05, 3.63) is 33.3 Å². The van der Waals surface area contributed by atoms with E-state index >= 15 is 0 Å². The third-order valence-corrected chi connectivity index (χ3v) is 4.38. The molecule has 4 nitrogen and oxygen atoms in total. The normalized spacial score (nSPS) is 15.6. The van der Waals surface area contributed by atoms with Gasteiger partial charge in [0.2, 0.25) is 0 Å². The maximum atomic E-state index is 12.5. The summed E-state index contributed by atoms with van der Waals surface area (Å²) in [5.41, 5.74) is -0.320. The second kappa shape index (κ2) is 5.74. The van der Waals surface area contributed by atoms with Crippen molar-refractivity contribution in [1.82, 2.24) is 4.90 Å². The number of carbonyl (C=O) groups is 2. The van der Waals surface area contributed by atoms with Crippen LogP contribution in [0.15, 0.2) is 22.7 Å². The van der Waals surface area contributed by atoms with Crippen molar-refractivity contribution in [2.75, 3.05) is 13.7 Å². The van der Waals surface area contributed by atoms with Gasteiger partial charge in [-0.2, -0.15) is 0 Å². The fourth-order valence-corrected chi connectivity index (χ4v) is 2.95. The van der Waals surface area contributed by atoms with Crippen LogP contribution in [0.1, 0.15) is 30.1 Å². The zero-order valence-corrected chi connectivity index (χ0v) is 13.6. The Morgan fingerprint density at radius 1 is 1.45 bits per heavy atom. The summed E-state index contributed by atoms with van der Waals surface area (Å²) in [6, 6.07) is 4.95. The molecule has 0 spiro atoms. The molecule has 0 heterocycles. The van der Waals surface area contributed by atoms with Gasteiger partial charge in [-0.05, 0) is 53.9 Å². The van der Waals surface area contributed by atoms with Crippen LogP contribution >= 0.6 is 27.5 Å². The van der Waals surface area contributed by atoms with Gasteiger partial charge in [0.05, 0.1) is 12.2 Å². The summed E-state index contributed by atoms with van der Waals surface area (Å²) in [6.45, 7) is 2.07. The van der Waals surface area contributed by atoms with Crippen molar-refractivity contribution in [3.8, 4) is 0 Å². The molecule has 0 aromatic heterocycles. The van der Waals surface area contributed by atoms with E-state index in [4.69, 9.17) is 16.3 Å². The molecule has 0 bridgehead atoms. The number of carbonyl (C=O) groups excluding carboxylic acids is 2.